The lowest BCUT2D eigenvalue weighted by molar-refractivity contribution is -0.121. The fourth-order valence-electron chi connectivity index (χ4n) is 4.09. The molecule has 4 aromatic rings. The highest BCUT2D eigenvalue weighted by Gasteiger charge is 2.13. The summed E-state index contributed by atoms with van der Waals surface area (Å²) >= 11 is 0. The largest absolute Gasteiger partial charge is 0.356 e. The molecular formula is C25H30N6O. The third-order valence-electron chi connectivity index (χ3n) is 5.85. The van der Waals surface area contributed by atoms with Crippen molar-refractivity contribution < 1.29 is 4.79 Å². The summed E-state index contributed by atoms with van der Waals surface area (Å²) in [7, 11) is 0. The molecular weight excluding hydrogens is 400 g/mol. The van der Waals surface area contributed by atoms with Gasteiger partial charge in [0, 0.05) is 36.6 Å². The van der Waals surface area contributed by atoms with Crippen molar-refractivity contribution in [3.63, 3.8) is 0 Å². The second-order valence-corrected chi connectivity index (χ2v) is 8.29. The van der Waals surface area contributed by atoms with Crippen LogP contribution in [0.2, 0.25) is 0 Å². The Morgan fingerprint density at radius 2 is 1.78 bits per heavy atom. The SMILES string of the molecule is Cc1cc2nc(C)c(CCC(=O)NCCCc3cn(-c4ccccc4)nc3C)c(C)n2n1. The van der Waals surface area contributed by atoms with E-state index in [4.69, 9.17) is 0 Å². The van der Waals surface area contributed by atoms with E-state index >= 15 is 0 Å². The number of hydrogen-bond donors (Lipinski definition) is 1. The highest BCUT2D eigenvalue weighted by molar-refractivity contribution is 5.76. The quantitative estimate of drug-likeness (QED) is 0.431. The monoisotopic (exact) mass is 430 g/mol. The first-order chi connectivity index (χ1) is 15.4. The molecule has 1 amide bonds. The Morgan fingerprint density at radius 3 is 2.56 bits per heavy atom. The second kappa shape index (κ2) is 9.34. The van der Waals surface area contributed by atoms with Gasteiger partial charge in [-0.25, -0.2) is 14.2 Å². The smallest absolute Gasteiger partial charge is 0.220 e. The number of para-hydroxylation sites is 1. The van der Waals surface area contributed by atoms with Crippen LogP contribution in [0, 0.1) is 27.7 Å². The second-order valence-electron chi connectivity index (χ2n) is 8.29. The number of hydrogen-bond acceptors (Lipinski definition) is 4. The first-order valence-electron chi connectivity index (χ1n) is 11.1. The molecule has 0 saturated heterocycles. The maximum atomic E-state index is 12.4. The van der Waals surface area contributed by atoms with Crippen LogP contribution in [0.4, 0.5) is 0 Å². The van der Waals surface area contributed by atoms with E-state index in [0.717, 1.165) is 52.5 Å². The van der Waals surface area contributed by atoms with Gasteiger partial charge in [-0.15, -0.1) is 0 Å². The van der Waals surface area contributed by atoms with Gasteiger partial charge in [-0.3, -0.25) is 4.79 Å². The Morgan fingerprint density at radius 1 is 1.00 bits per heavy atom. The van der Waals surface area contributed by atoms with Crippen molar-refractivity contribution in [2.24, 2.45) is 0 Å². The van der Waals surface area contributed by atoms with E-state index < -0.39 is 0 Å². The average Bonchev–Trinajstić information content (AvgIpc) is 3.33. The molecule has 0 spiro atoms. The van der Waals surface area contributed by atoms with Gasteiger partial charge >= 0.3 is 0 Å². The molecule has 0 atom stereocenters. The molecule has 0 fully saturated rings. The van der Waals surface area contributed by atoms with Crippen LogP contribution in [-0.4, -0.2) is 36.8 Å². The maximum absolute atomic E-state index is 12.4. The van der Waals surface area contributed by atoms with Crippen LogP contribution in [0.3, 0.4) is 0 Å². The highest BCUT2D eigenvalue weighted by atomic mass is 16.1. The van der Waals surface area contributed by atoms with Crippen LogP contribution in [0.5, 0.6) is 0 Å². The lowest BCUT2D eigenvalue weighted by Gasteiger charge is -2.11. The summed E-state index contributed by atoms with van der Waals surface area (Å²) in [6.45, 7) is 8.69. The summed E-state index contributed by atoms with van der Waals surface area (Å²) < 4.78 is 3.79. The number of aryl methyl sites for hydroxylation is 5. The summed E-state index contributed by atoms with van der Waals surface area (Å²) in [6, 6.07) is 12.1. The minimum Gasteiger partial charge on any atom is -0.356 e. The van der Waals surface area contributed by atoms with Gasteiger partial charge in [-0.1, -0.05) is 18.2 Å². The molecule has 0 aliphatic rings. The number of amides is 1. The molecule has 4 rings (SSSR count). The third kappa shape index (κ3) is 4.72. The molecule has 0 unspecified atom stereocenters. The van der Waals surface area contributed by atoms with Crippen LogP contribution in [0.25, 0.3) is 11.3 Å². The Bertz CT molecular complexity index is 1240. The van der Waals surface area contributed by atoms with Crippen molar-refractivity contribution in [3.05, 3.63) is 76.5 Å². The summed E-state index contributed by atoms with van der Waals surface area (Å²) in [5.74, 6) is 0.0669. The first-order valence-corrected chi connectivity index (χ1v) is 11.1. The third-order valence-corrected chi connectivity index (χ3v) is 5.85. The van der Waals surface area contributed by atoms with Gasteiger partial charge < -0.3 is 5.32 Å². The van der Waals surface area contributed by atoms with Crippen molar-refractivity contribution >= 4 is 11.6 Å². The van der Waals surface area contributed by atoms with E-state index in [1.54, 1.807) is 0 Å². The van der Waals surface area contributed by atoms with E-state index in [0.29, 0.717) is 19.4 Å². The lowest BCUT2D eigenvalue weighted by atomic mass is 10.1. The molecule has 0 aliphatic heterocycles. The summed E-state index contributed by atoms with van der Waals surface area (Å²) in [6.07, 6.45) is 4.95. The number of fused-ring (bicyclic) bond motifs is 1. The van der Waals surface area contributed by atoms with Crippen molar-refractivity contribution in [3.8, 4) is 5.69 Å². The van der Waals surface area contributed by atoms with E-state index in [1.165, 1.54) is 5.56 Å². The van der Waals surface area contributed by atoms with Gasteiger partial charge in [0.1, 0.15) is 0 Å². The number of aromatic nitrogens is 5. The van der Waals surface area contributed by atoms with Crippen LogP contribution < -0.4 is 5.32 Å². The number of nitrogens with zero attached hydrogens (tertiary/aromatic N) is 5. The van der Waals surface area contributed by atoms with E-state index in [1.807, 2.05) is 73.3 Å². The topological polar surface area (TPSA) is 77.1 Å². The van der Waals surface area contributed by atoms with Gasteiger partial charge in [-0.2, -0.15) is 10.2 Å². The Hall–Kier alpha value is -3.48. The van der Waals surface area contributed by atoms with Crippen molar-refractivity contribution in [2.45, 2.75) is 53.4 Å². The minimum absolute atomic E-state index is 0.0669. The molecule has 1 aromatic carbocycles. The molecule has 32 heavy (non-hydrogen) atoms. The van der Waals surface area contributed by atoms with Crippen LogP contribution >= 0.6 is 0 Å². The molecule has 7 nitrogen and oxygen atoms in total. The standard InChI is InChI=1S/C25H30N6O/c1-17-15-24-27-19(3)23(20(4)31(24)28-17)12-13-25(32)26-14-8-9-21-16-30(29-18(21)2)22-10-6-5-7-11-22/h5-7,10-11,15-16H,8-9,12-14H2,1-4H3,(H,26,32). The molecule has 0 bridgehead atoms. The number of rotatable bonds is 8. The minimum atomic E-state index is 0.0669. The molecule has 166 valence electrons. The van der Waals surface area contributed by atoms with Crippen LogP contribution in [0.15, 0.2) is 42.6 Å². The molecule has 0 aliphatic carbocycles. The highest BCUT2D eigenvalue weighted by Crippen LogP contribution is 2.17. The average molecular weight is 431 g/mol. The van der Waals surface area contributed by atoms with E-state index in [-0.39, 0.29) is 5.91 Å². The Balaban J connectivity index is 1.27. The van der Waals surface area contributed by atoms with Gasteiger partial charge in [0.15, 0.2) is 5.65 Å². The molecule has 0 radical (unpaired) electrons. The molecule has 3 aromatic heterocycles. The van der Waals surface area contributed by atoms with Gasteiger partial charge in [0.05, 0.1) is 17.1 Å². The predicted molar refractivity (Wildman–Crippen MR) is 125 cm³/mol. The van der Waals surface area contributed by atoms with Gasteiger partial charge in [0.2, 0.25) is 5.91 Å². The Kier molecular flexibility index (Phi) is 6.35. The zero-order valence-electron chi connectivity index (χ0n) is 19.2. The summed E-state index contributed by atoms with van der Waals surface area (Å²) in [5.41, 5.74) is 8.22. The fraction of sp³-hybridized carbons (Fsp3) is 0.360. The zero-order chi connectivity index (χ0) is 22.7. The molecule has 1 N–H and O–H groups in total. The van der Waals surface area contributed by atoms with Crippen molar-refractivity contribution in [1.82, 2.24) is 29.7 Å². The predicted octanol–water partition coefficient (Wildman–Crippen LogP) is 3.83. The summed E-state index contributed by atoms with van der Waals surface area (Å²) in [4.78, 5) is 17.0. The van der Waals surface area contributed by atoms with E-state index in [2.05, 4.69) is 26.7 Å². The van der Waals surface area contributed by atoms with Gasteiger partial charge in [0.25, 0.3) is 0 Å². The summed E-state index contributed by atoms with van der Waals surface area (Å²) in [5, 5.41) is 12.2. The number of benzene rings is 1. The van der Waals surface area contributed by atoms with E-state index in [9.17, 15) is 4.79 Å². The normalized spacial score (nSPS) is 11.2. The van der Waals surface area contributed by atoms with Crippen molar-refractivity contribution in [1.29, 1.82) is 0 Å². The fourth-order valence-corrected chi connectivity index (χ4v) is 4.09. The number of carbonyl (C=O) groups is 1. The Labute approximate surface area is 188 Å². The maximum Gasteiger partial charge on any atom is 0.220 e. The lowest BCUT2D eigenvalue weighted by Crippen LogP contribution is -2.25. The molecule has 0 saturated carbocycles. The number of nitrogens with one attached hydrogen (secondary N) is 1. The first kappa shape index (κ1) is 21.7. The molecule has 7 heteroatoms. The number of carbonyl (C=O) groups excluding carboxylic acids is 1. The molecule has 3 heterocycles. The van der Waals surface area contributed by atoms with Crippen molar-refractivity contribution in [2.75, 3.05) is 6.54 Å². The van der Waals surface area contributed by atoms with Crippen LogP contribution in [0.1, 0.15) is 46.7 Å². The van der Waals surface area contributed by atoms with Gasteiger partial charge in [-0.05, 0) is 70.2 Å². The van der Waals surface area contributed by atoms with Crippen LogP contribution in [-0.2, 0) is 17.6 Å². The zero-order valence-corrected chi connectivity index (χ0v) is 19.2.